The average Bonchev–Trinajstić information content (AvgIpc) is 3.13. The van der Waals surface area contributed by atoms with Crippen LogP contribution in [0.4, 0.5) is 4.79 Å². The molecule has 2 aliphatic rings. The summed E-state index contributed by atoms with van der Waals surface area (Å²) in [6.07, 6.45) is 4.98. The van der Waals surface area contributed by atoms with Gasteiger partial charge in [0.2, 0.25) is 0 Å². The molecular weight excluding hydrogens is 388 g/mol. The van der Waals surface area contributed by atoms with Gasteiger partial charge in [0.05, 0.1) is 17.8 Å². The summed E-state index contributed by atoms with van der Waals surface area (Å²) < 4.78 is 0. The van der Waals surface area contributed by atoms with Crippen molar-refractivity contribution in [1.29, 1.82) is 0 Å². The third-order valence-corrected chi connectivity index (χ3v) is 7.30. The van der Waals surface area contributed by atoms with Gasteiger partial charge in [0.1, 0.15) is 0 Å². The van der Waals surface area contributed by atoms with E-state index in [0.29, 0.717) is 17.0 Å². The Morgan fingerprint density at radius 3 is 2.69 bits per heavy atom. The Labute approximate surface area is 177 Å². The number of likely N-dealkylation sites (tertiary alicyclic amines) is 1. The van der Waals surface area contributed by atoms with Crippen LogP contribution in [-0.4, -0.2) is 45.4 Å². The fourth-order valence-corrected chi connectivity index (χ4v) is 5.23. The first-order valence-corrected chi connectivity index (χ1v) is 11.0. The highest BCUT2D eigenvalue weighted by molar-refractivity contribution is 6.31. The van der Waals surface area contributed by atoms with E-state index in [1.165, 1.54) is 0 Å². The number of nitrogens with one attached hydrogen (secondary N) is 2. The number of fused-ring (bicyclic) bond motifs is 1. The number of H-pyrrole nitrogens is 1. The number of urea groups is 1. The molecule has 1 aromatic heterocycles. The van der Waals surface area contributed by atoms with Crippen LogP contribution in [0.25, 0.3) is 10.9 Å². The Morgan fingerprint density at radius 2 is 2.03 bits per heavy atom. The van der Waals surface area contributed by atoms with Gasteiger partial charge in [0, 0.05) is 35.1 Å². The number of benzene rings is 1. The van der Waals surface area contributed by atoms with Gasteiger partial charge in [-0.1, -0.05) is 32.4 Å². The highest BCUT2D eigenvalue weighted by atomic mass is 35.5. The van der Waals surface area contributed by atoms with Gasteiger partial charge in [-0.15, -0.1) is 0 Å². The molecule has 0 unspecified atom stereocenters. The monoisotopic (exact) mass is 418 g/mol. The number of nitrogens with zero attached hydrogens (tertiary/aromatic N) is 2. The third kappa shape index (κ3) is 3.97. The first-order chi connectivity index (χ1) is 13.8. The number of aromatic amines is 1. The molecule has 2 aromatic rings. The van der Waals surface area contributed by atoms with Crippen molar-refractivity contribution >= 4 is 28.5 Å². The number of hydrogen-bond acceptors (Lipinski definition) is 3. The van der Waals surface area contributed by atoms with Gasteiger partial charge in [-0.05, 0) is 55.1 Å². The Balaban J connectivity index is 1.41. The number of aliphatic hydroxyl groups is 1. The number of piperidine rings is 1. The minimum Gasteiger partial charge on any atom is -0.388 e. The van der Waals surface area contributed by atoms with Crippen molar-refractivity contribution in [2.45, 2.75) is 58.6 Å². The number of hydrogen-bond donors (Lipinski definition) is 3. The SMILES string of the molecule is CC1CC(NC(=O)N2CCC(C(C)(C)[C@H](O)c3cc(Cl)cc4cn[nH]c34)CC2)C1. The highest BCUT2D eigenvalue weighted by Gasteiger charge is 2.40. The number of aromatic nitrogens is 2. The van der Waals surface area contributed by atoms with Crippen LogP contribution in [-0.2, 0) is 0 Å². The maximum Gasteiger partial charge on any atom is 0.317 e. The molecular formula is C22H31ClN4O2. The largest absolute Gasteiger partial charge is 0.388 e. The van der Waals surface area contributed by atoms with Crippen LogP contribution in [0.5, 0.6) is 0 Å². The van der Waals surface area contributed by atoms with Gasteiger partial charge >= 0.3 is 6.03 Å². The number of amides is 2. The van der Waals surface area contributed by atoms with Crippen LogP contribution >= 0.6 is 11.6 Å². The van der Waals surface area contributed by atoms with E-state index in [2.05, 4.69) is 36.3 Å². The summed E-state index contributed by atoms with van der Waals surface area (Å²) in [6.45, 7) is 7.89. The average molecular weight is 419 g/mol. The Kier molecular flexibility index (Phi) is 5.51. The third-order valence-electron chi connectivity index (χ3n) is 7.08. The van der Waals surface area contributed by atoms with Crippen molar-refractivity contribution < 1.29 is 9.90 Å². The van der Waals surface area contributed by atoms with E-state index in [1.807, 2.05) is 17.0 Å². The molecule has 29 heavy (non-hydrogen) atoms. The maximum atomic E-state index is 12.5. The molecule has 0 radical (unpaired) electrons. The predicted molar refractivity (Wildman–Crippen MR) is 115 cm³/mol. The van der Waals surface area contributed by atoms with Crippen molar-refractivity contribution in [3.8, 4) is 0 Å². The quantitative estimate of drug-likeness (QED) is 0.683. The standard InChI is InChI=1S/C22H31ClN4O2/c1-13-8-17(9-13)25-21(29)27-6-4-15(5-7-27)22(2,3)20(28)18-11-16(23)10-14-12-24-26-19(14)18/h10-13,15,17,20,28H,4-9H2,1-3H3,(H,24,26)(H,25,29)/t13?,17?,20-/m1/s1. The minimum absolute atomic E-state index is 0.0627. The predicted octanol–water partition coefficient (Wildman–Crippen LogP) is 4.50. The van der Waals surface area contributed by atoms with Gasteiger partial charge in [-0.2, -0.15) is 5.10 Å². The van der Waals surface area contributed by atoms with Crippen LogP contribution in [0, 0.1) is 17.3 Å². The number of halogens is 1. The highest BCUT2D eigenvalue weighted by Crippen LogP contribution is 2.46. The van der Waals surface area contributed by atoms with E-state index in [-0.39, 0.29) is 11.4 Å². The molecule has 0 bridgehead atoms. The van der Waals surface area contributed by atoms with Gasteiger partial charge < -0.3 is 15.3 Å². The lowest BCUT2D eigenvalue weighted by Gasteiger charge is -2.44. The summed E-state index contributed by atoms with van der Waals surface area (Å²) in [7, 11) is 0. The maximum absolute atomic E-state index is 12.5. The lowest BCUT2D eigenvalue weighted by atomic mass is 9.68. The van der Waals surface area contributed by atoms with E-state index in [4.69, 9.17) is 11.6 Å². The van der Waals surface area contributed by atoms with E-state index < -0.39 is 6.10 Å². The summed E-state index contributed by atoms with van der Waals surface area (Å²) in [5.41, 5.74) is 1.27. The second-order valence-electron chi connectivity index (χ2n) is 9.54. The van der Waals surface area contributed by atoms with Gasteiger partial charge in [0.25, 0.3) is 0 Å². The smallest absolute Gasteiger partial charge is 0.317 e. The van der Waals surface area contributed by atoms with E-state index in [0.717, 1.165) is 61.2 Å². The topological polar surface area (TPSA) is 81.2 Å². The van der Waals surface area contributed by atoms with Crippen LogP contribution in [0.3, 0.4) is 0 Å². The second-order valence-corrected chi connectivity index (χ2v) is 9.97. The normalized spacial score (nSPS) is 24.4. The molecule has 1 atom stereocenters. The number of carbonyl (C=O) groups excluding carboxylic acids is 1. The molecule has 1 saturated heterocycles. The summed E-state index contributed by atoms with van der Waals surface area (Å²) in [4.78, 5) is 14.4. The number of carbonyl (C=O) groups is 1. The van der Waals surface area contributed by atoms with E-state index >= 15 is 0 Å². The molecule has 2 heterocycles. The summed E-state index contributed by atoms with van der Waals surface area (Å²) in [5.74, 6) is 1.03. The van der Waals surface area contributed by atoms with Crippen LogP contribution < -0.4 is 5.32 Å². The summed E-state index contributed by atoms with van der Waals surface area (Å²) in [6, 6.07) is 4.08. The zero-order valence-corrected chi connectivity index (χ0v) is 18.2. The minimum atomic E-state index is -0.675. The molecule has 4 rings (SSSR count). The van der Waals surface area contributed by atoms with Crippen molar-refractivity contribution in [3.05, 3.63) is 28.9 Å². The molecule has 1 saturated carbocycles. The summed E-state index contributed by atoms with van der Waals surface area (Å²) >= 11 is 6.28. The fraction of sp³-hybridized carbons (Fsp3) is 0.636. The molecule has 1 aromatic carbocycles. The first-order valence-electron chi connectivity index (χ1n) is 10.6. The number of aliphatic hydroxyl groups excluding tert-OH is 1. The van der Waals surface area contributed by atoms with E-state index in [1.54, 1.807) is 6.20 Å². The molecule has 158 valence electrons. The zero-order chi connectivity index (χ0) is 20.8. The van der Waals surface area contributed by atoms with Crippen LogP contribution in [0.1, 0.15) is 58.1 Å². The fourth-order valence-electron chi connectivity index (χ4n) is 5.00. The second kappa shape index (κ2) is 7.80. The van der Waals surface area contributed by atoms with Gasteiger partial charge in [-0.3, -0.25) is 5.10 Å². The van der Waals surface area contributed by atoms with Crippen molar-refractivity contribution in [2.75, 3.05) is 13.1 Å². The lowest BCUT2D eigenvalue weighted by Crippen LogP contribution is -2.52. The lowest BCUT2D eigenvalue weighted by molar-refractivity contribution is -0.0146. The molecule has 3 N–H and O–H groups in total. The Hall–Kier alpha value is -1.79. The summed E-state index contributed by atoms with van der Waals surface area (Å²) in [5, 5.41) is 23.1. The van der Waals surface area contributed by atoms with Gasteiger partial charge in [0.15, 0.2) is 0 Å². The molecule has 0 spiro atoms. The zero-order valence-electron chi connectivity index (χ0n) is 17.4. The Bertz CT molecular complexity index is 882. The molecule has 6 nitrogen and oxygen atoms in total. The molecule has 1 aliphatic heterocycles. The molecule has 2 amide bonds. The van der Waals surface area contributed by atoms with Crippen molar-refractivity contribution in [3.63, 3.8) is 0 Å². The van der Waals surface area contributed by atoms with Gasteiger partial charge in [-0.25, -0.2) is 4.79 Å². The molecule has 2 fully saturated rings. The van der Waals surface area contributed by atoms with E-state index in [9.17, 15) is 9.90 Å². The molecule has 1 aliphatic carbocycles. The van der Waals surface area contributed by atoms with Crippen LogP contribution in [0.15, 0.2) is 18.3 Å². The Morgan fingerprint density at radius 1 is 1.34 bits per heavy atom. The van der Waals surface area contributed by atoms with Crippen molar-refractivity contribution in [1.82, 2.24) is 20.4 Å². The van der Waals surface area contributed by atoms with Crippen LogP contribution in [0.2, 0.25) is 5.02 Å². The molecule has 7 heteroatoms. The first kappa shape index (κ1) is 20.5. The van der Waals surface area contributed by atoms with Crippen molar-refractivity contribution in [2.24, 2.45) is 17.3 Å². The number of rotatable bonds is 4.